The quantitative estimate of drug-likeness (QED) is 0.0320. The first-order valence-electron chi connectivity index (χ1n) is 20.4. The summed E-state index contributed by atoms with van der Waals surface area (Å²) in [7, 11) is 41.3. The Bertz CT molecular complexity index is 2740. The monoisotopic (exact) mass is 1850 g/mol. The van der Waals surface area contributed by atoms with Gasteiger partial charge in [0.1, 0.15) is 5.76 Å². The van der Waals surface area contributed by atoms with Crippen LogP contribution >= 0.6 is 281 Å². The van der Waals surface area contributed by atoms with Gasteiger partial charge in [-0.05, 0) is 177 Å². The molecular weight excluding hydrogens is 1790 g/mol. The molecule has 15 atom stereocenters. The number of aromatic nitrogens is 1. The zero-order valence-corrected chi connectivity index (χ0v) is 75.0. The number of hydrogen-bond acceptors (Lipinski definition) is 8. The average Bonchev–Trinajstić information content (AvgIpc) is 3.84. The minimum atomic E-state index is -4.37. The standard InChI is InChI=1S/C12H9ClO.C8H8BrF2N.C8H8BrNO4S.C6H4BrF3O.CH4.ClH.H28P26/c1-8-6-7-9-4-2-3-5-10(9)11(8)12(13)14;9-6-2-1-5(4-12)7(3-6)8(10)11;1-2-14-8(11)15(12,13)7-3-6(9)4-10-5-7;7-3-4-1-2-5(11-4)6(8,9)10;;;1-15(2)22(16(3)4)25(21(13)14)26(23(17(5)6)18(7)8)24(19(9)10)20(11)12/h2-7H,1H3;1-3,8H,4,12H2;3-5H,2H2,1H3;1-2H,3H2;1H4;1H;1-14H2. The average molecular weight is 1850 g/mol. The van der Waals surface area contributed by atoms with Crippen molar-refractivity contribution < 1.29 is 49.1 Å². The number of aryl methyl sites for hydroxylation is 1. The number of carbonyl (C=O) groups excluding carboxylic acids is 2. The van der Waals surface area contributed by atoms with Crippen LogP contribution in [-0.4, -0.2) is 30.6 Å². The Morgan fingerprint density at radius 3 is 1.60 bits per heavy atom. The number of pyridine rings is 1. The number of rotatable bonds is 17. The van der Waals surface area contributed by atoms with Crippen LogP contribution in [0.4, 0.5) is 26.7 Å². The van der Waals surface area contributed by atoms with Crippen molar-refractivity contribution in [3.8, 4) is 0 Å². The van der Waals surface area contributed by atoms with Gasteiger partial charge in [0.15, 0.2) is 0 Å². The van der Waals surface area contributed by atoms with Crippen LogP contribution in [0.25, 0.3) is 10.8 Å². The fraction of sp³-hybridized carbons (Fsp3) is 0.229. The predicted molar refractivity (Wildman–Crippen MR) is 431 cm³/mol. The van der Waals surface area contributed by atoms with Crippen LogP contribution in [0.5, 0.6) is 0 Å². The first-order chi connectivity index (χ1) is 36.1. The molecule has 8 nitrogen and oxygen atoms in total. The molecule has 2 aromatic heterocycles. The molecule has 454 valence electrons. The van der Waals surface area contributed by atoms with E-state index in [4.69, 9.17) is 17.3 Å². The van der Waals surface area contributed by atoms with Gasteiger partial charge in [-0.2, -0.15) is 13.2 Å². The second kappa shape index (κ2) is 46.4. The molecule has 0 bridgehead atoms. The highest BCUT2D eigenvalue weighted by molar-refractivity contribution is 9.41. The van der Waals surface area contributed by atoms with Crippen LogP contribution in [0, 0.1) is 6.92 Å². The molecule has 0 aliphatic carbocycles. The number of sulfone groups is 1. The van der Waals surface area contributed by atoms with E-state index in [9.17, 15) is 40.0 Å². The molecule has 0 radical (unpaired) electrons. The number of carbonyl (C=O) groups is 2. The number of nitrogens with zero attached hydrogens (tertiary/aromatic N) is 1. The van der Waals surface area contributed by atoms with Gasteiger partial charge in [0, 0.05) is 39.0 Å². The molecule has 45 heteroatoms. The fourth-order valence-corrected chi connectivity index (χ4v) is 342. The van der Waals surface area contributed by atoms with E-state index in [1.54, 1.807) is 12.1 Å². The van der Waals surface area contributed by atoms with Crippen molar-refractivity contribution in [1.29, 1.82) is 0 Å². The van der Waals surface area contributed by atoms with E-state index in [0.717, 1.165) is 28.6 Å². The smallest absolute Gasteiger partial charge is 0.449 e. The number of alkyl halides is 6. The molecule has 0 aliphatic heterocycles. The van der Waals surface area contributed by atoms with E-state index in [2.05, 4.69) is 187 Å². The second-order valence-electron chi connectivity index (χ2n) is 14.0. The Morgan fingerprint density at radius 2 is 1.21 bits per heavy atom. The van der Waals surface area contributed by atoms with Crippen LogP contribution in [0.3, 0.4) is 0 Å². The minimum absolute atomic E-state index is 0. The molecule has 5 rings (SSSR count). The molecule has 2 N–H and O–H groups in total. The summed E-state index contributed by atoms with van der Waals surface area (Å²) in [6.45, 7) is 3.79. The van der Waals surface area contributed by atoms with Gasteiger partial charge in [0.05, 0.1) is 16.8 Å². The number of fused-ring (bicyclic) bond motifs is 1. The fourth-order valence-electron chi connectivity index (χ4n) is 5.41. The van der Waals surface area contributed by atoms with E-state index >= 15 is 0 Å². The summed E-state index contributed by atoms with van der Waals surface area (Å²) in [4.78, 5) is 25.8. The normalized spacial score (nSPS) is 12.1. The third kappa shape index (κ3) is 31.4. The van der Waals surface area contributed by atoms with Crippen LogP contribution in [0.1, 0.15) is 59.3 Å². The summed E-state index contributed by atoms with van der Waals surface area (Å²) >= 11 is 14.7. The summed E-state index contributed by atoms with van der Waals surface area (Å²) in [5, 5.41) is 0.613. The molecule has 2 heterocycles. The molecule has 5 aromatic rings. The third-order valence-corrected chi connectivity index (χ3v) is 178. The van der Waals surface area contributed by atoms with Gasteiger partial charge in [-0.15, -0.1) is 137 Å². The highest BCUT2D eigenvalue weighted by Gasteiger charge is 2.47. The third-order valence-electron chi connectivity index (χ3n) is 8.53. The molecule has 0 amide bonds. The lowest BCUT2D eigenvalue weighted by molar-refractivity contribution is -0.153. The molecular formula is C35H62Br3Cl2F5N2O6P26S. The first kappa shape index (κ1) is 90.3. The highest BCUT2D eigenvalue weighted by atomic mass is 79.9. The van der Waals surface area contributed by atoms with Crippen molar-refractivity contribution in [2.45, 2.75) is 50.6 Å². The van der Waals surface area contributed by atoms with E-state index in [0.29, 0.717) is 25.4 Å². The topological polar surface area (TPSA) is 130 Å². The zero-order chi connectivity index (χ0) is 60.2. The van der Waals surface area contributed by atoms with Crippen molar-refractivity contribution in [3.05, 3.63) is 128 Å². The van der Waals surface area contributed by atoms with E-state index in [1.165, 1.54) is 31.3 Å². The Labute approximate surface area is 550 Å². The largest absolute Gasteiger partial charge is 0.456 e. The lowest BCUT2D eigenvalue weighted by atomic mass is 10.0. The lowest BCUT2D eigenvalue weighted by Gasteiger charge is -2.50. The summed E-state index contributed by atoms with van der Waals surface area (Å²) < 4.78 is 93.2. The molecule has 0 saturated carbocycles. The van der Waals surface area contributed by atoms with Gasteiger partial charge >= 0.3 is 11.5 Å². The first-order valence-corrected chi connectivity index (χ1v) is 71.5. The van der Waals surface area contributed by atoms with Crippen molar-refractivity contribution in [1.82, 2.24) is 4.98 Å². The van der Waals surface area contributed by atoms with Gasteiger partial charge < -0.3 is 14.9 Å². The van der Waals surface area contributed by atoms with Crippen LogP contribution in [-0.2, 0) is 32.6 Å². The number of ether oxygens (including phenoxy) is 1. The maximum absolute atomic E-state index is 12.3. The van der Waals surface area contributed by atoms with Gasteiger partial charge in [0.25, 0.3) is 21.5 Å². The minimum Gasteiger partial charge on any atom is -0.456 e. The molecule has 3 aromatic carbocycles. The lowest BCUT2D eigenvalue weighted by Crippen LogP contribution is -2.16. The number of benzene rings is 3. The van der Waals surface area contributed by atoms with Crippen molar-refractivity contribution >= 4 is 312 Å². The molecule has 80 heavy (non-hydrogen) atoms. The number of furan rings is 1. The van der Waals surface area contributed by atoms with Gasteiger partial charge in [-0.3, -0.25) is 9.78 Å². The Balaban J connectivity index is 0. The molecule has 0 saturated heterocycles. The van der Waals surface area contributed by atoms with Gasteiger partial charge in [-0.1, -0.05) is 81.8 Å². The van der Waals surface area contributed by atoms with E-state index in [1.807, 2.05) is 43.3 Å². The number of nitrogens with two attached hydrogens (primary N) is 1. The Morgan fingerprint density at radius 1 is 0.725 bits per heavy atom. The number of halogens is 10. The summed E-state index contributed by atoms with van der Waals surface area (Å²) in [6, 6.07) is 19.8. The highest BCUT2D eigenvalue weighted by Crippen LogP contribution is 3.35. The predicted octanol–water partition coefficient (Wildman–Crippen LogP) is 27.3. The second-order valence-corrected chi connectivity index (χ2v) is 123. The SMILES string of the molecule is C.CCOC(=O)S(=O)(=O)c1cncc(Br)c1.Cc1ccc2ccccc2c1C(=O)Cl.Cl.FC(F)(F)c1ccc(CBr)o1.NCc1ccc(Br)cc1C(F)F.PP(P)P(P(P)P)P(P(P)P)P(P(P(P)P)P(P)P)P(P(P)P)P(P)P. The molecule has 0 spiro atoms. The number of hydrogen-bond donors (Lipinski definition) is 1. The van der Waals surface area contributed by atoms with Crippen LogP contribution < -0.4 is 5.73 Å². The Kier molecular flexibility index (Phi) is 52.4. The molecule has 0 fully saturated rings. The molecule has 15 unspecified atom stereocenters. The van der Waals surface area contributed by atoms with Crippen LogP contribution in [0.2, 0.25) is 0 Å². The van der Waals surface area contributed by atoms with E-state index in [-0.39, 0.29) is 138 Å². The maximum Gasteiger partial charge on any atom is 0.449 e. The Hall–Kier alpha value is 8.25. The van der Waals surface area contributed by atoms with Crippen molar-refractivity contribution in [3.63, 3.8) is 0 Å². The summed E-state index contributed by atoms with van der Waals surface area (Å²) in [6.07, 6.45) is -4.32. The van der Waals surface area contributed by atoms with Crippen molar-refractivity contribution in [2.24, 2.45) is 5.73 Å². The van der Waals surface area contributed by atoms with Crippen molar-refractivity contribution in [2.75, 3.05) is 6.61 Å². The molecule has 0 aliphatic rings. The van der Waals surface area contributed by atoms with Gasteiger partial charge in [0.2, 0.25) is 5.76 Å². The summed E-state index contributed by atoms with van der Waals surface area (Å²) in [5.74, 6) is -0.677. The van der Waals surface area contributed by atoms with E-state index < -0.39 is 33.5 Å². The van der Waals surface area contributed by atoms with Gasteiger partial charge in [-0.25, -0.2) is 22.0 Å². The van der Waals surface area contributed by atoms with Crippen LogP contribution in [0.15, 0.2) is 103 Å². The maximum atomic E-state index is 12.3. The summed E-state index contributed by atoms with van der Waals surface area (Å²) in [5.41, 5.74) is 7.33. The zero-order valence-electron chi connectivity index (χ0n) is 40.9.